The van der Waals surface area contributed by atoms with Crippen molar-refractivity contribution in [2.24, 2.45) is 0 Å². The van der Waals surface area contributed by atoms with Gasteiger partial charge in [0.05, 0.1) is 10.8 Å². The minimum atomic E-state index is -4.70. The van der Waals surface area contributed by atoms with Crippen molar-refractivity contribution in [2.75, 3.05) is 48.0 Å². The molecule has 0 aliphatic carbocycles. The lowest BCUT2D eigenvalue weighted by Gasteiger charge is -2.36. The van der Waals surface area contributed by atoms with E-state index in [1.165, 1.54) is 18.2 Å². The molecule has 2 aliphatic heterocycles. The van der Waals surface area contributed by atoms with Crippen LogP contribution >= 0.6 is 0 Å². The van der Waals surface area contributed by atoms with E-state index in [-0.39, 0.29) is 35.1 Å². The number of anilines is 4. The SMILES string of the molecule is CS(=O)(=O)c1cccc(CNc2nc(Nc3ccc(N4CCN(Cc5ccc(C6CCC(=O)NC6=O)cc5)CC4)cc3)ncc2C(F)(F)F)c1. The van der Waals surface area contributed by atoms with Gasteiger partial charge in [-0.05, 0) is 59.5 Å². The van der Waals surface area contributed by atoms with E-state index in [0.717, 1.165) is 55.8 Å². The van der Waals surface area contributed by atoms with E-state index in [4.69, 9.17) is 0 Å². The van der Waals surface area contributed by atoms with Gasteiger partial charge in [-0.3, -0.25) is 19.8 Å². The van der Waals surface area contributed by atoms with Crippen LogP contribution in [0.25, 0.3) is 0 Å². The van der Waals surface area contributed by atoms with E-state index < -0.39 is 27.4 Å². The first-order valence-corrected chi connectivity index (χ1v) is 17.9. The number of hydrogen-bond acceptors (Lipinski definition) is 10. The van der Waals surface area contributed by atoms with Crippen molar-refractivity contribution in [1.29, 1.82) is 0 Å². The van der Waals surface area contributed by atoms with Crippen LogP contribution in [0, 0.1) is 0 Å². The van der Waals surface area contributed by atoms with Crippen molar-refractivity contribution in [2.45, 2.75) is 42.9 Å². The number of amides is 2. The summed E-state index contributed by atoms with van der Waals surface area (Å²) in [5, 5.41) is 8.07. The zero-order chi connectivity index (χ0) is 35.5. The number of nitrogens with zero attached hydrogens (tertiary/aromatic N) is 4. The molecule has 0 bridgehead atoms. The summed E-state index contributed by atoms with van der Waals surface area (Å²) in [6.07, 6.45) is -2.05. The van der Waals surface area contributed by atoms with Gasteiger partial charge in [0.1, 0.15) is 11.4 Å². The maximum atomic E-state index is 13.8. The first-order chi connectivity index (χ1) is 23.8. The molecule has 2 fully saturated rings. The second-order valence-electron chi connectivity index (χ2n) is 12.4. The Balaban J connectivity index is 1.03. The minimum Gasteiger partial charge on any atom is -0.369 e. The number of aromatic nitrogens is 2. The average Bonchev–Trinajstić information content (AvgIpc) is 3.08. The number of piperidine rings is 1. The van der Waals surface area contributed by atoms with Gasteiger partial charge in [-0.2, -0.15) is 18.2 Å². The summed E-state index contributed by atoms with van der Waals surface area (Å²) < 4.78 is 65.1. The summed E-state index contributed by atoms with van der Waals surface area (Å²) in [5.41, 5.74) is 3.11. The van der Waals surface area contributed by atoms with Gasteiger partial charge in [0, 0.05) is 69.5 Å². The van der Waals surface area contributed by atoms with E-state index >= 15 is 0 Å². The Kier molecular flexibility index (Phi) is 10.1. The van der Waals surface area contributed by atoms with Crippen molar-refractivity contribution < 1.29 is 31.2 Å². The predicted molar refractivity (Wildman–Crippen MR) is 183 cm³/mol. The van der Waals surface area contributed by atoms with Crippen LogP contribution in [0.3, 0.4) is 0 Å². The number of benzene rings is 3. The second-order valence-corrected chi connectivity index (χ2v) is 14.4. The van der Waals surface area contributed by atoms with Gasteiger partial charge in [-0.25, -0.2) is 13.4 Å². The van der Waals surface area contributed by atoms with Crippen LogP contribution in [0.1, 0.15) is 41.0 Å². The van der Waals surface area contributed by atoms with Crippen molar-refractivity contribution in [1.82, 2.24) is 20.2 Å². The smallest absolute Gasteiger partial charge is 0.369 e. The van der Waals surface area contributed by atoms with Crippen LogP contribution in [-0.2, 0) is 38.7 Å². The third-order valence-corrected chi connectivity index (χ3v) is 9.88. The van der Waals surface area contributed by atoms with E-state index in [1.54, 1.807) is 6.07 Å². The fourth-order valence-electron chi connectivity index (χ4n) is 6.03. The maximum absolute atomic E-state index is 13.8. The lowest BCUT2D eigenvalue weighted by atomic mass is 9.90. The van der Waals surface area contributed by atoms with Gasteiger partial charge < -0.3 is 15.5 Å². The lowest BCUT2D eigenvalue weighted by Crippen LogP contribution is -2.45. The summed E-state index contributed by atoms with van der Waals surface area (Å²) >= 11 is 0. The molecule has 262 valence electrons. The molecule has 4 aromatic rings. The monoisotopic (exact) mass is 707 g/mol. The molecule has 0 spiro atoms. The summed E-state index contributed by atoms with van der Waals surface area (Å²) in [6, 6.07) is 21.5. The molecule has 1 atom stereocenters. The molecule has 6 rings (SSSR count). The Bertz CT molecular complexity index is 1970. The Morgan fingerprint density at radius 3 is 2.32 bits per heavy atom. The summed E-state index contributed by atoms with van der Waals surface area (Å²) in [5.74, 6) is -1.22. The molecule has 11 nitrogen and oxygen atoms in total. The molecule has 0 saturated carbocycles. The molecule has 3 N–H and O–H groups in total. The molecule has 2 amide bonds. The van der Waals surface area contributed by atoms with Crippen LogP contribution in [0.5, 0.6) is 0 Å². The van der Waals surface area contributed by atoms with Gasteiger partial charge in [0.25, 0.3) is 0 Å². The number of nitrogens with one attached hydrogen (secondary N) is 3. The van der Waals surface area contributed by atoms with E-state index in [1.807, 2.05) is 48.5 Å². The summed E-state index contributed by atoms with van der Waals surface area (Å²) in [6.45, 7) is 4.02. The van der Waals surface area contributed by atoms with Gasteiger partial charge >= 0.3 is 6.18 Å². The highest BCUT2D eigenvalue weighted by Gasteiger charge is 2.35. The van der Waals surface area contributed by atoms with Crippen LogP contribution in [0.4, 0.5) is 36.3 Å². The highest BCUT2D eigenvalue weighted by atomic mass is 32.2. The molecular formula is C35H36F3N7O4S. The third kappa shape index (κ3) is 8.58. The molecule has 1 unspecified atom stereocenters. The summed E-state index contributed by atoms with van der Waals surface area (Å²) in [7, 11) is -3.48. The Morgan fingerprint density at radius 2 is 1.66 bits per heavy atom. The zero-order valence-electron chi connectivity index (χ0n) is 27.2. The number of carbonyl (C=O) groups excluding carboxylic acids is 2. The standard InChI is InChI=1S/C35H36F3N7O4S/c1-50(48,49)28-4-2-3-24(19-28)20-39-32-30(35(36,37)38)21-40-34(43-32)41-26-9-11-27(12-10-26)45-17-15-44(16-18-45)22-23-5-7-25(8-6-23)29-13-14-31(46)42-33(29)47/h2-12,19,21,29H,13-18,20,22H2,1H3,(H,42,46,47)(H2,39,40,41,43). The number of piperazine rings is 1. The average molecular weight is 708 g/mol. The van der Waals surface area contributed by atoms with Crippen LogP contribution in [-0.4, -0.2) is 67.5 Å². The molecular weight excluding hydrogens is 671 g/mol. The van der Waals surface area contributed by atoms with Crippen molar-refractivity contribution in [3.8, 4) is 0 Å². The maximum Gasteiger partial charge on any atom is 0.421 e. The molecule has 0 radical (unpaired) electrons. The van der Waals surface area contributed by atoms with Crippen LogP contribution in [0.15, 0.2) is 83.9 Å². The van der Waals surface area contributed by atoms with Crippen LogP contribution < -0.4 is 20.9 Å². The first kappa shape index (κ1) is 34.8. The minimum absolute atomic E-state index is 0.0307. The first-order valence-electron chi connectivity index (χ1n) is 16.1. The second kappa shape index (κ2) is 14.5. The number of halogens is 3. The molecule has 50 heavy (non-hydrogen) atoms. The van der Waals surface area contributed by atoms with E-state index in [2.05, 4.69) is 35.7 Å². The number of hydrogen-bond donors (Lipinski definition) is 3. The van der Waals surface area contributed by atoms with Gasteiger partial charge in [0.2, 0.25) is 17.8 Å². The van der Waals surface area contributed by atoms with Gasteiger partial charge in [-0.15, -0.1) is 0 Å². The number of rotatable bonds is 10. The molecule has 1 aromatic heterocycles. The third-order valence-electron chi connectivity index (χ3n) is 8.77. The van der Waals surface area contributed by atoms with Crippen LogP contribution in [0.2, 0.25) is 0 Å². The highest BCUT2D eigenvalue weighted by Crippen LogP contribution is 2.34. The Hall–Kier alpha value is -5.02. The quantitative estimate of drug-likeness (QED) is 0.191. The normalized spacial score (nSPS) is 17.4. The van der Waals surface area contributed by atoms with Gasteiger partial charge in [0.15, 0.2) is 9.84 Å². The zero-order valence-corrected chi connectivity index (χ0v) is 28.0. The molecule has 15 heteroatoms. The lowest BCUT2D eigenvalue weighted by molar-refractivity contribution is -0.137. The van der Waals surface area contributed by atoms with E-state index in [9.17, 15) is 31.2 Å². The molecule has 2 aliphatic rings. The fourth-order valence-corrected chi connectivity index (χ4v) is 6.72. The topological polar surface area (TPSA) is 137 Å². The predicted octanol–water partition coefficient (Wildman–Crippen LogP) is 5.10. The van der Waals surface area contributed by atoms with Crippen molar-refractivity contribution in [3.63, 3.8) is 0 Å². The Labute approximate surface area is 287 Å². The van der Waals surface area contributed by atoms with E-state index in [0.29, 0.717) is 30.3 Å². The molecule has 3 aromatic carbocycles. The van der Waals surface area contributed by atoms with Crippen molar-refractivity contribution in [3.05, 3.63) is 101 Å². The number of imide groups is 1. The highest BCUT2D eigenvalue weighted by molar-refractivity contribution is 7.90. The Morgan fingerprint density at radius 1 is 0.940 bits per heavy atom. The summed E-state index contributed by atoms with van der Waals surface area (Å²) in [4.78, 5) is 36.3. The van der Waals surface area contributed by atoms with Crippen molar-refractivity contribution >= 4 is 44.8 Å². The largest absolute Gasteiger partial charge is 0.421 e. The molecule has 3 heterocycles. The number of alkyl halides is 3. The number of carbonyl (C=O) groups is 2. The number of sulfone groups is 1. The molecule has 2 saturated heterocycles. The van der Waals surface area contributed by atoms with Gasteiger partial charge in [-0.1, -0.05) is 36.4 Å². The fraction of sp³-hybridized carbons (Fsp3) is 0.314.